The quantitative estimate of drug-likeness (QED) is 0.640. The molecule has 4 rings (SSSR count). The molecule has 2 unspecified atom stereocenters. The van der Waals surface area contributed by atoms with E-state index in [4.69, 9.17) is 9.73 Å². The lowest BCUT2D eigenvalue weighted by Gasteiger charge is -2.28. The van der Waals surface area contributed by atoms with Crippen molar-refractivity contribution in [1.82, 2.24) is 5.32 Å². The molecular formula is C28H36N2O2. The number of aliphatic imine (C=N–C) groups is 1. The van der Waals surface area contributed by atoms with Gasteiger partial charge in [-0.3, -0.25) is 9.79 Å². The highest BCUT2D eigenvalue weighted by molar-refractivity contribution is 5.96. The van der Waals surface area contributed by atoms with Crippen molar-refractivity contribution in [3.63, 3.8) is 0 Å². The summed E-state index contributed by atoms with van der Waals surface area (Å²) in [4.78, 5) is 17.7. The van der Waals surface area contributed by atoms with Crippen molar-refractivity contribution in [2.75, 3.05) is 13.2 Å². The van der Waals surface area contributed by atoms with Crippen LogP contribution in [0.2, 0.25) is 0 Å². The first-order valence-electron chi connectivity index (χ1n) is 11.7. The SMILES string of the molecule is CC.Cc1cccc(C(C2=CCC(C)C=N2)c2cccc(C(=O)NC3COC3)c2C)c1C. The van der Waals surface area contributed by atoms with Crippen LogP contribution < -0.4 is 5.32 Å². The van der Waals surface area contributed by atoms with E-state index in [1.165, 1.54) is 16.7 Å². The van der Waals surface area contributed by atoms with Gasteiger partial charge in [0.05, 0.1) is 25.2 Å². The summed E-state index contributed by atoms with van der Waals surface area (Å²) in [6.45, 7) is 13.7. The van der Waals surface area contributed by atoms with Crippen molar-refractivity contribution in [3.05, 3.63) is 81.6 Å². The van der Waals surface area contributed by atoms with Gasteiger partial charge >= 0.3 is 0 Å². The average Bonchev–Trinajstić information content (AvgIpc) is 2.77. The first kappa shape index (κ1) is 23.9. The highest BCUT2D eigenvalue weighted by Gasteiger charge is 2.27. The minimum absolute atomic E-state index is 0.00781. The maximum Gasteiger partial charge on any atom is 0.251 e. The number of nitrogens with one attached hydrogen (secondary N) is 1. The summed E-state index contributed by atoms with van der Waals surface area (Å²) >= 11 is 0. The Bertz CT molecular complexity index is 1020. The highest BCUT2D eigenvalue weighted by Crippen LogP contribution is 2.39. The summed E-state index contributed by atoms with van der Waals surface area (Å²) in [5, 5.41) is 3.08. The number of amides is 1. The Kier molecular flexibility index (Phi) is 8.03. The molecule has 0 bridgehead atoms. The fraction of sp³-hybridized carbons (Fsp3) is 0.429. The number of hydrogen-bond acceptors (Lipinski definition) is 3. The van der Waals surface area contributed by atoms with Gasteiger partial charge in [0.2, 0.25) is 0 Å². The monoisotopic (exact) mass is 432 g/mol. The van der Waals surface area contributed by atoms with Crippen LogP contribution in [-0.2, 0) is 4.74 Å². The molecular weight excluding hydrogens is 396 g/mol. The second-order valence-electron chi connectivity index (χ2n) is 8.57. The number of carbonyl (C=O) groups excluding carboxylic acids is 1. The van der Waals surface area contributed by atoms with Crippen molar-refractivity contribution in [1.29, 1.82) is 0 Å². The van der Waals surface area contributed by atoms with Crippen LogP contribution in [0.4, 0.5) is 0 Å². The number of carbonyl (C=O) groups is 1. The molecule has 4 heteroatoms. The van der Waals surface area contributed by atoms with E-state index in [0.717, 1.165) is 28.8 Å². The molecule has 170 valence electrons. The lowest BCUT2D eigenvalue weighted by atomic mass is 9.80. The normalized spacial score (nSPS) is 18.7. The highest BCUT2D eigenvalue weighted by atomic mass is 16.5. The van der Waals surface area contributed by atoms with E-state index >= 15 is 0 Å². The molecule has 0 aliphatic carbocycles. The van der Waals surface area contributed by atoms with Gasteiger partial charge in [0.15, 0.2) is 0 Å². The Morgan fingerprint density at radius 2 is 1.69 bits per heavy atom. The number of allylic oxidation sites excluding steroid dienone is 2. The van der Waals surface area contributed by atoms with Gasteiger partial charge in [0.25, 0.3) is 5.91 Å². The van der Waals surface area contributed by atoms with Crippen molar-refractivity contribution in [2.45, 2.75) is 59.9 Å². The smallest absolute Gasteiger partial charge is 0.251 e. The minimum atomic E-state index is -0.0305. The second-order valence-corrected chi connectivity index (χ2v) is 8.57. The molecule has 2 aliphatic rings. The zero-order valence-electron chi connectivity index (χ0n) is 20.2. The van der Waals surface area contributed by atoms with Crippen LogP contribution in [0.15, 0.2) is 53.2 Å². The summed E-state index contributed by atoms with van der Waals surface area (Å²) in [5.74, 6) is 0.432. The first-order chi connectivity index (χ1) is 15.5. The van der Waals surface area contributed by atoms with E-state index in [2.05, 4.69) is 69.6 Å². The van der Waals surface area contributed by atoms with Crippen molar-refractivity contribution < 1.29 is 9.53 Å². The third-order valence-electron chi connectivity index (χ3n) is 6.33. The zero-order chi connectivity index (χ0) is 23.3. The van der Waals surface area contributed by atoms with Gasteiger partial charge in [-0.1, -0.05) is 57.2 Å². The van der Waals surface area contributed by atoms with Crippen LogP contribution in [0.3, 0.4) is 0 Å². The van der Waals surface area contributed by atoms with Crippen LogP contribution in [0.25, 0.3) is 0 Å². The largest absolute Gasteiger partial charge is 0.377 e. The van der Waals surface area contributed by atoms with Crippen molar-refractivity contribution in [3.8, 4) is 0 Å². The molecule has 32 heavy (non-hydrogen) atoms. The molecule has 1 amide bonds. The first-order valence-corrected chi connectivity index (χ1v) is 11.7. The van der Waals surface area contributed by atoms with Gasteiger partial charge in [0.1, 0.15) is 0 Å². The number of rotatable bonds is 5. The molecule has 0 radical (unpaired) electrons. The van der Waals surface area contributed by atoms with Crippen LogP contribution in [0.1, 0.15) is 71.3 Å². The van der Waals surface area contributed by atoms with Crippen LogP contribution in [0.5, 0.6) is 0 Å². The molecule has 2 aliphatic heterocycles. The molecule has 2 atom stereocenters. The third-order valence-corrected chi connectivity index (χ3v) is 6.33. The molecule has 2 heterocycles. The van der Waals surface area contributed by atoms with Crippen molar-refractivity contribution in [2.24, 2.45) is 10.9 Å². The van der Waals surface area contributed by atoms with Crippen LogP contribution >= 0.6 is 0 Å². The molecule has 0 saturated carbocycles. The summed E-state index contributed by atoms with van der Waals surface area (Å²) in [7, 11) is 0. The molecule has 2 aromatic rings. The van der Waals surface area contributed by atoms with Gasteiger partial charge in [0, 0.05) is 17.5 Å². The van der Waals surface area contributed by atoms with E-state index in [1.54, 1.807) is 0 Å². The molecule has 1 N–H and O–H groups in total. The second kappa shape index (κ2) is 10.7. The van der Waals surface area contributed by atoms with Gasteiger partial charge in [-0.25, -0.2) is 0 Å². The fourth-order valence-electron chi connectivity index (χ4n) is 4.19. The summed E-state index contributed by atoms with van der Waals surface area (Å²) < 4.78 is 5.20. The lowest BCUT2D eigenvalue weighted by Crippen LogP contribution is -2.48. The van der Waals surface area contributed by atoms with E-state index in [1.807, 2.05) is 26.0 Å². The standard InChI is InChI=1S/C26H30N2O2.C2H6/c1-16-11-12-24(27-13-16)25(21-8-5-7-17(2)18(21)3)22-9-6-10-23(19(22)4)26(29)28-20-14-30-15-20;1-2/h5-10,12-13,16,20,25H,11,14-15H2,1-4H3,(H,28,29);1-2H3. The van der Waals surface area contributed by atoms with E-state index in [9.17, 15) is 4.79 Å². The maximum atomic E-state index is 12.9. The Morgan fingerprint density at radius 3 is 2.28 bits per heavy atom. The van der Waals surface area contributed by atoms with Gasteiger partial charge in [-0.05, 0) is 67.0 Å². The van der Waals surface area contributed by atoms with E-state index < -0.39 is 0 Å². The van der Waals surface area contributed by atoms with Crippen molar-refractivity contribution >= 4 is 12.1 Å². The molecule has 0 spiro atoms. The lowest BCUT2D eigenvalue weighted by molar-refractivity contribution is -0.00347. The Labute approximate surface area is 192 Å². The molecule has 1 saturated heterocycles. The van der Waals surface area contributed by atoms with Gasteiger partial charge in [-0.15, -0.1) is 0 Å². The van der Waals surface area contributed by atoms with Crippen LogP contribution in [-0.4, -0.2) is 31.4 Å². The Hall–Kier alpha value is -2.72. The molecule has 0 aromatic heterocycles. The number of benzene rings is 2. The average molecular weight is 433 g/mol. The zero-order valence-corrected chi connectivity index (χ0v) is 20.2. The summed E-state index contributed by atoms with van der Waals surface area (Å²) in [6, 6.07) is 12.6. The van der Waals surface area contributed by atoms with Gasteiger partial charge in [-0.2, -0.15) is 0 Å². The number of hydrogen-bond donors (Lipinski definition) is 1. The fourth-order valence-corrected chi connectivity index (χ4v) is 4.19. The topological polar surface area (TPSA) is 50.7 Å². The molecule has 2 aromatic carbocycles. The Balaban J connectivity index is 0.00000141. The predicted molar refractivity (Wildman–Crippen MR) is 133 cm³/mol. The van der Waals surface area contributed by atoms with Gasteiger partial charge < -0.3 is 10.1 Å². The summed E-state index contributed by atoms with van der Waals surface area (Å²) in [5.41, 5.74) is 7.73. The number of ether oxygens (including phenoxy) is 1. The summed E-state index contributed by atoms with van der Waals surface area (Å²) in [6.07, 6.45) is 5.30. The minimum Gasteiger partial charge on any atom is -0.377 e. The number of nitrogens with zero attached hydrogens (tertiary/aromatic N) is 1. The molecule has 4 nitrogen and oxygen atoms in total. The number of aryl methyl sites for hydroxylation is 1. The Morgan fingerprint density at radius 1 is 1.03 bits per heavy atom. The molecule has 1 fully saturated rings. The van der Waals surface area contributed by atoms with E-state index in [0.29, 0.717) is 19.1 Å². The van der Waals surface area contributed by atoms with E-state index in [-0.39, 0.29) is 17.9 Å². The predicted octanol–water partition coefficient (Wildman–Crippen LogP) is 5.89. The van der Waals surface area contributed by atoms with Crippen LogP contribution in [0, 0.1) is 26.7 Å². The maximum absolute atomic E-state index is 12.9. The third kappa shape index (κ3) is 5.02.